The molecule has 0 radical (unpaired) electrons. The molecule has 170 valence electrons. The molecule has 6 nitrogen and oxygen atoms in total. The Morgan fingerprint density at radius 1 is 1.15 bits per heavy atom. The van der Waals surface area contributed by atoms with Crippen LogP contribution in [0, 0.1) is 6.92 Å². The number of carbonyl (C=O) groups excluding carboxylic acids is 1. The van der Waals surface area contributed by atoms with Gasteiger partial charge in [0.25, 0.3) is 5.91 Å². The fourth-order valence-electron chi connectivity index (χ4n) is 4.95. The summed E-state index contributed by atoms with van der Waals surface area (Å²) in [6.07, 6.45) is 6.50. The molecule has 2 aromatic heterocycles. The average molecular weight is 443 g/mol. The highest BCUT2D eigenvalue weighted by Gasteiger charge is 2.28. The molecule has 0 bridgehead atoms. The van der Waals surface area contributed by atoms with Gasteiger partial charge in [0, 0.05) is 30.2 Å². The standard InChI is InChI=1S/C27H30N4O2/c1-4-26-24(17-29-31(26)20-7-5-18(2)6-8-20)27(32)30-13-11-19(12-14-30)23-16-28-25-10-9-21(33-3)15-22(23)25/h5-10,15-17,19,28H,4,11-14H2,1-3H3. The molecule has 1 aliphatic heterocycles. The molecule has 5 rings (SSSR count). The van der Waals surface area contributed by atoms with Crippen molar-refractivity contribution in [3.05, 3.63) is 77.2 Å². The molecule has 4 aromatic rings. The van der Waals surface area contributed by atoms with E-state index in [4.69, 9.17) is 4.74 Å². The van der Waals surface area contributed by atoms with E-state index >= 15 is 0 Å². The molecule has 0 spiro atoms. The number of benzene rings is 2. The molecular weight excluding hydrogens is 412 g/mol. The predicted molar refractivity (Wildman–Crippen MR) is 130 cm³/mol. The lowest BCUT2D eigenvalue weighted by Crippen LogP contribution is -2.38. The van der Waals surface area contributed by atoms with Crippen molar-refractivity contribution >= 4 is 16.8 Å². The minimum Gasteiger partial charge on any atom is -0.497 e. The van der Waals surface area contributed by atoms with Crippen LogP contribution in [0.15, 0.2) is 54.9 Å². The van der Waals surface area contributed by atoms with E-state index in [1.807, 2.05) is 15.6 Å². The molecule has 6 heteroatoms. The van der Waals surface area contributed by atoms with E-state index in [1.54, 1.807) is 13.3 Å². The van der Waals surface area contributed by atoms with Crippen molar-refractivity contribution < 1.29 is 9.53 Å². The number of methoxy groups -OCH3 is 1. The van der Waals surface area contributed by atoms with E-state index < -0.39 is 0 Å². The summed E-state index contributed by atoms with van der Waals surface area (Å²) in [5, 5.41) is 5.78. The number of aromatic nitrogens is 3. The fraction of sp³-hybridized carbons (Fsp3) is 0.333. The molecule has 0 unspecified atom stereocenters. The van der Waals surface area contributed by atoms with Gasteiger partial charge in [-0.2, -0.15) is 5.10 Å². The van der Waals surface area contributed by atoms with Crippen LogP contribution in [0.3, 0.4) is 0 Å². The van der Waals surface area contributed by atoms with Crippen molar-refractivity contribution in [2.24, 2.45) is 0 Å². The normalized spacial score (nSPS) is 14.7. The quantitative estimate of drug-likeness (QED) is 0.459. The smallest absolute Gasteiger partial charge is 0.257 e. The summed E-state index contributed by atoms with van der Waals surface area (Å²) >= 11 is 0. The van der Waals surface area contributed by atoms with Gasteiger partial charge in [0.15, 0.2) is 0 Å². The van der Waals surface area contributed by atoms with Gasteiger partial charge in [0.2, 0.25) is 0 Å². The number of piperidine rings is 1. The Bertz CT molecular complexity index is 1280. The van der Waals surface area contributed by atoms with Crippen LogP contribution >= 0.6 is 0 Å². The number of rotatable bonds is 5. The van der Waals surface area contributed by atoms with Crippen LogP contribution < -0.4 is 4.74 Å². The second-order valence-electron chi connectivity index (χ2n) is 8.83. The first-order valence-electron chi connectivity index (χ1n) is 11.7. The summed E-state index contributed by atoms with van der Waals surface area (Å²) in [6.45, 7) is 5.65. The number of hydrogen-bond acceptors (Lipinski definition) is 3. The van der Waals surface area contributed by atoms with E-state index in [2.05, 4.69) is 66.5 Å². The highest BCUT2D eigenvalue weighted by molar-refractivity contribution is 5.95. The molecule has 0 aliphatic carbocycles. The largest absolute Gasteiger partial charge is 0.497 e. The minimum absolute atomic E-state index is 0.0873. The molecule has 33 heavy (non-hydrogen) atoms. The number of aromatic amines is 1. The Labute approximate surface area is 194 Å². The highest BCUT2D eigenvalue weighted by atomic mass is 16.5. The van der Waals surface area contributed by atoms with Gasteiger partial charge >= 0.3 is 0 Å². The molecule has 1 saturated heterocycles. The van der Waals surface area contributed by atoms with E-state index in [9.17, 15) is 4.79 Å². The lowest BCUT2D eigenvalue weighted by molar-refractivity contribution is 0.0712. The third-order valence-electron chi connectivity index (χ3n) is 6.86. The van der Waals surface area contributed by atoms with Gasteiger partial charge in [0.05, 0.1) is 30.3 Å². The first-order valence-corrected chi connectivity index (χ1v) is 11.7. The number of carbonyl (C=O) groups is 1. The SMILES string of the molecule is CCc1c(C(=O)N2CCC(c3c[nH]c4ccc(OC)cc34)CC2)cnn1-c1ccc(C)cc1. The van der Waals surface area contributed by atoms with Crippen LogP contribution in [0.4, 0.5) is 0 Å². The maximum absolute atomic E-state index is 13.4. The van der Waals surface area contributed by atoms with Gasteiger partial charge in [-0.1, -0.05) is 24.6 Å². The van der Waals surface area contributed by atoms with Gasteiger partial charge in [-0.25, -0.2) is 4.68 Å². The van der Waals surface area contributed by atoms with E-state index in [-0.39, 0.29) is 5.91 Å². The van der Waals surface area contributed by atoms with Gasteiger partial charge in [0.1, 0.15) is 5.75 Å². The number of fused-ring (bicyclic) bond motifs is 1. The van der Waals surface area contributed by atoms with Crippen molar-refractivity contribution in [2.45, 2.75) is 39.0 Å². The summed E-state index contributed by atoms with van der Waals surface area (Å²) in [5.74, 6) is 1.38. The second-order valence-corrected chi connectivity index (χ2v) is 8.83. The van der Waals surface area contributed by atoms with Crippen LogP contribution in [0.2, 0.25) is 0 Å². The van der Waals surface area contributed by atoms with Crippen molar-refractivity contribution in [2.75, 3.05) is 20.2 Å². The Hall–Kier alpha value is -3.54. The van der Waals surface area contributed by atoms with Crippen LogP contribution in [-0.4, -0.2) is 45.8 Å². The van der Waals surface area contributed by atoms with Crippen molar-refractivity contribution in [1.82, 2.24) is 19.7 Å². The second kappa shape index (κ2) is 8.77. The topological polar surface area (TPSA) is 63.1 Å². The number of nitrogens with one attached hydrogen (secondary N) is 1. The number of aryl methyl sites for hydroxylation is 1. The molecular formula is C27H30N4O2. The molecule has 1 aliphatic rings. The molecule has 1 fully saturated rings. The van der Waals surface area contributed by atoms with Crippen molar-refractivity contribution in [3.8, 4) is 11.4 Å². The lowest BCUT2D eigenvalue weighted by atomic mass is 9.89. The van der Waals surface area contributed by atoms with Crippen LogP contribution in [0.5, 0.6) is 5.75 Å². The van der Waals surface area contributed by atoms with Crippen LogP contribution in [-0.2, 0) is 6.42 Å². The monoisotopic (exact) mass is 442 g/mol. The average Bonchev–Trinajstić information content (AvgIpc) is 3.48. The zero-order chi connectivity index (χ0) is 22.9. The number of likely N-dealkylation sites (tertiary alicyclic amines) is 1. The van der Waals surface area contributed by atoms with Crippen LogP contribution in [0.1, 0.15) is 52.9 Å². The Morgan fingerprint density at radius 2 is 1.91 bits per heavy atom. The highest BCUT2D eigenvalue weighted by Crippen LogP contribution is 2.35. The fourth-order valence-corrected chi connectivity index (χ4v) is 4.95. The third kappa shape index (κ3) is 3.90. The van der Waals surface area contributed by atoms with Crippen LogP contribution in [0.25, 0.3) is 16.6 Å². The molecule has 1 N–H and O–H groups in total. The minimum atomic E-state index is 0.0873. The summed E-state index contributed by atoms with van der Waals surface area (Å²) < 4.78 is 7.32. The Balaban J connectivity index is 1.33. The van der Waals surface area contributed by atoms with Gasteiger partial charge in [-0.15, -0.1) is 0 Å². The number of amides is 1. The van der Waals surface area contributed by atoms with Crippen molar-refractivity contribution in [3.63, 3.8) is 0 Å². The number of H-pyrrole nitrogens is 1. The molecule has 0 saturated carbocycles. The summed E-state index contributed by atoms with van der Waals surface area (Å²) in [6, 6.07) is 14.4. The van der Waals surface area contributed by atoms with Gasteiger partial charge in [-0.05, 0) is 68.0 Å². The number of ether oxygens (including phenoxy) is 1. The van der Waals surface area contributed by atoms with Gasteiger partial charge < -0.3 is 14.6 Å². The van der Waals surface area contributed by atoms with E-state index in [0.29, 0.717) is 11.5 Å². The molecule has 0 atom stereocenters. The van der Waals surface area contributed by atoms with Gasteiger partial charge in [-0.3, -0.25) is 4.79 Å². The Kier molecular flexibility index (Phi) is 5.67. The summed E-state index contributed by atoms with van der Waals surface area (Å²) in [7, 11) is 1.70. The molecule has 2 aromatic carbocycles. The van der Waals surface area contributed by atoms with E-state index in [0.717, 1.165) is 55.0 Å². The zero-order valence-corrected chi connectivity index (χ0v) is 19.5. The van der Waals surface area contributed by atoms with Crippen molar-refractivity contribution in [1.29, 1.82) is 0 Å². The number of hydrogen-bond donors (Lipinski definition) is 1. The number of nitrogens with zero attached hydrogens (tertiary/aromatic N) is 3. The maximum Gasteiger partial charge on any atom is 0.257 e. The zero-order valence-electron chi connectivity index (χ0n) is 19.5. The Morgan fingerprint density at radius 3 is 2.61 bits per heavy atom. The first-order chi connectivity index (χ1) is 16.1. The van der Waals surface area contributed by atoms with E-state index in [1.165, 1.54) is 16.5 Å². The third-order valence-corrected chi connectivity index (χ3v) is 6.86. The first kappa shape index (κ1) is 21.3. The maximum atomic E-state index is 13.4. The predicted octanol–water partition coefficient (Wildman–Crippen LogP) is 5.25. The lowest BCUT2D eigenvalue weighted by Gasteiger charge is -2.32. The summed E-state index contributed by atoms with van der Waals surface area (Å²) in [5.41, 5.74) is 6.32. The molecule has 3 heterocycles. The molecule has 1 amide bonds. The summed E-state index contributed by atoms with van der Waals surface area (Å²) in [4.78, 5) is 18.8.